The number of hydrogen-bond donors (Lipinski definition) is 1. The number of amides is 1. The molecule has 0 saturated heterocycles. The Morgan fingerprint density at radius 3 is 2.79 bits per heavy atom. The van der Waals surface area contributed by atoms with E-state index in [0.717, 1.165) is 22.0 Å². The second-order valence-corrected chi connectivity index (χ2v) is 4.67. The van der Waals surface area contributed by atoms with Gasteiger partial charge in [-0.25, -0.2) is 9.78 Å². The summed E-state index contributed by atoms with van der Waals surface area (Å²) in [7, 11) is 0. The van der Waals surface area contributed by atoms with E-state index >= 15 is 0 Å². The molecule has 2 rings (SSSR count). The lowest BCUT2D eigenvalue weighted by Crippen LogP contribution is -2.05. The third-order valence-corrected chi connectivity index (χ3v) is 3.25. The topological polar surface area (TPSA) is 71.4 Å². The van der Waals surface area contributed by atoms with Gasteiger partial charge in [0.25, 0.3) is 0 Å². The van der Waals surface area contributed by atoms with Crippen molar-refractivity contribution >= 4 is 29.0 Å². The number of carbonyl (C=O) groups is 1. The lowest BCUT2D eigenvalue weighted by atomic mass is 10.2. The van der Waals surface area contributed by atoms with Gasteiger partial charge >= 0.3 is 0 Å². The van der Waals surface area contributed by atoms with Crippen LogP contribution in [0.15, 0.2) is 34.6 Å². The zero-order valence-corrected chi connectivity index (χ0v) is 11.0. The molecule has 5 nitrogen and oxygen atoms in total. The van der Waals surface area contributed by atoms with Crippen LogP contribution < -0.4 is 5.32 Å². The van der Waals surface area contributed by atoms with E-state index in [1.807, 2.05) is 29.6 Å². The number of thiazole rings is 1. The number of aromatic nitrogens is 1. The van der Waals surface area contributed by atoms with Crippen LogP contribution in [0.25, 0.3) is 10.6 Å². The number of isocyanates is 1. The first-order chi connectivity index (χ1) is 9.19. The Morgan fingerprint density at radius 2 is 2.16 bits per heavy atom. The summed E-state index contributed by atoms with van der Waals surface area (Å²) in [6.07, 6.45) is 1.49. The second-order valence-electron chi connectivity index (χ2n) is 3.81. The average Bonchev–Trinajstić information content (AvgIpc) is 2.85. The van der Waals surface area contributed by atoms with E-state index in [4.69, 9.17) is 0 Å². The van der Waals surface area contributed by atoms with E-state index in [-0.39, 0.29) is 12.5 Å². The standard InChI is InChI=1S/C13H11N3O2S/c1-9(18)15-11-4-2-10(3-5-11)13-16-12(7-19-13)6-14-8-17/h2-5,7H,6H2,1H3,(H,15,18). The predicted octanol–water partition coefficient (Wildman–Crippen LogP) is 2.60. The van der Waals surface area contributed by atoms with Crippen molar-refractivity contribution in [3.63, 3.8) is 0 Å². The van der Waals surface area contributed by atoms with Crippen LogP contribution in [0.5, 0.6) is 0 Å². The van der Waals surface area contributed by atoms with E-state index in [1.165, 1.54) is 24.3 Å². The van der Waals surface area contributed by atoms with Gasteiger partial charge in [-0.3, -0.25) is 4.79 Å². The molecule has 1 aromatic heterocycles. The number of nitrogens with zero attached hydrogens (tertiary/aromatic N) is 2. The highest BCUT2D eigenvalue weighted by Crippen LogP contribution is 2.25. The maximum absolute atomic E-state index is 10.9. The molecule has 0 saturated carbocycles. The zero-order valence-electron chi connectivity index (χ0n) is 10.2. The minimum Gasteiger partial charge on any atom is -0.326 e. The Morgan fingerprint density at radius 1 is 1.42 bits per heavy atom. The van der Waals surface area contributed by atoms with E-state index < -0.39 is 0 Å². The largest absolute Gasteiger partial charge is 0.326 e. The molecular formula is C13H11N3O2S. The van der Waals surface area contributed by atoms with Crippen LogP contribution in [0.4, 0.5) is 5.69 Å². The van der Waals surface area contributed by atoms with Gasteiger partial charge in [-0.15, -0.1) is 11.3 Å². The Balaban J connectivity index is 2.15. The molecule has 1 N–H and O–H groups in total. The highest BCUT2D eigenvalue weighted by molar-refractivity contribution is 7.13. The normalized spacial score (nSPS) is 9.74. The van der Waals surface area contributed by atoms with Crippen LogP contribution in [0.3, 0.4) is 0 Å². The summed E-state index contributed by atoms with van der Waals surface area (Å²) >= 11 is 1.48. The minimum atomic E-state index is -0.101. The van der Waals surface area contributed by atoms with Crippen LogP contribution in [-0.4, -0.2) is 17.0 Å². The monoisotopic (exact) mass is 273 g/mol. The van der Waals surface area contributed by atoms with Crippen molar-refractivity contribution in [1.29, 1.82) is 0 Å². The van der Waals surface area contributed by atoms with Crippen molar-refractivity contribution in [1.82, 2.24) is 4.98 Å². The lowest BCUT2D eigenvalue weighted by molar-refractivity contribution is -0.114. The Bertz CT molecular complexity index is 628. The zero-order chi connectivity index (χ0) is 13.7. The quantitative estimate of drug-likeness (QED) is 0.687. The predicted molar refractivity (Wildman–Crippen MR) is 73.7 cm³/mol. The maximum atomic E-state index is 10.9. The van der Waals surface area contributed by atoms with Gasteiger partial charge in [0.1, 0.15) is 5.01 Å². The number of benzene rings is 1. The fourth-order valence-electron chi connectivity index (χ4n) is 1.52. The first-order valence-corrected chi connectivity index (χ1v) is 6.43. The van der Waals surface area contributed by atoms with Crippen LogP contribution in [0, 0.1) is 0 Å². The van der Waals surface area contributed by atoms with Crippen molar-refractivity contribution in [3.05, 3.63) is 35.3 Å². The lowest BCUT2D eigenvalue weighted by Gasteiger charge is -2.02. The van der Waals surface area contributed by atoms with Crippen molar-refractivity contribution in [3.8, 4) is 10.6 Å². The van der Waals surface area contributed by atoms with Gasteiger partial charge in [-0.1, -0.05) is 0 Å². The third kappa shape index (κ3) is 3.58. The van der Waals surface area contributed by atoms with E-state index in [2.05, 4.69) is 15.3 Å². The highest BCUT2D eigenvalue weighted by Gasteiger charge is 2.04. The van der Waals surface area contributed by atoms with Gasteiger partial charge in [-0.05, 0) is 24.3 Å². The minimum absolute atomic E-state index is 0.101. The maximum Gasteiger partial charge on any atom is 0.235 e. The van der Waals surface area contributed by atoms with Crippen LogP contribution >= 0.6 is 11.3 Å². The molecule has 0 radical (unpaired) electrons. The fraction of sp³-hybridized carbons (Fsp3) is 0.154. The van der Waals surface area contributed by atoms with Gasteiger partial charge in [0.15, 0.2) is 0 Å². The van der Waals surface area contributed by atoms with Crippen LogP contribution in [-0.2, 0) is 16.1 Å². The summed E-state index contributed by atoms with van der Waals surface area (Å²) in [5.74, 6) is -0.101. The highest BCUT2D eigenvalue weighted by atomic mass is 32.1. The number of anilines is 1. The molecule has 0 aliphatic carbocycles. The molecule has 96 valence electrons. The first kappa shape index (κ1) is 13.1. The van der Waals surface area contributed by atoms with Gasteiger partial charge < -0.3 is 5.32 Å². The van der Waals surface area contributed by atoms with E-state index in [1.54, 1.807) is 0 Å². The third-order valence-electron chi connectivity index (χ3n) is 2.31. The summed E-state index contributed by atoms with van der Waals surface area (Å²) in [5, 5.41) is 5.41. The Kier molecular flexibility index (Phi) is 4.18. The Hall–Kier alpha value is -2.30. The van der Waals surface area contributed by atoms with Crippen LogP contribution in [0.1, 0.15) is 12.6 Å². The van der Waals surface area contributed by atoms with E-state index in [0.29, 0.717) is 0 Å². The van der Waals surface area contributed by atoms with Gasteiger partial charge in [0.05, 0.1) is 12.2 Å². The summed E-state index contributed by atoms with van der Waals surface area (Å²) in [5.41, 5.74) is 2.45. The number of nitrogens with one attached hydrogen (secondary N) is 1. The van der Waals surface area contributed by atoms with Gasteiger partial charge in [0.2, 0.25) is 12.0 Å². The smallest absolute Gasteiger partial charge is 0.235 e. The fourth-order valence-corrected chi connectivity index (χ4v) is 2.34. The van der Waals surface area contributed by atoms with Crippen molar-refractivity contribution < 1.29 is 9.59 Å². The van der Waals surface area contributed by atoms with Crippen molar-refractivity contribution in [2.45, 2.75) is 13.5 Å². The molecule has 1 amide bonds. The average molecular weight is 273 g/mol. The number of hydrogen-bond acceptors (Lipinski definition) is 5. The summed E-state index contributed by atoms with van der Waals surface area (Å²) < 4.78 is 0. The number of rotatable bonds is 4. The molecule has 2 aromatic rings. The van der Waals surface area contributed by atoms with Gasteiger partial charge in [-0.2, -0.15) is 4.99 Å². The van der Waals surface area contributed by atoms with E-state index in [9.17, 15) is 9.59 Å². The second kappa shape index (κ2) is 6.04. The number of carbonyl (C=O) groups excluding carboxylic acids is 2. The summed E-state index contributed by atoms with van der Waals surface area (Å²) in [6, 6.07) is 7.41. The molecule has 0 aliphatic heterocycles. The van der Waals surface area contributed by atoms with Crippen molar-refractivity contribution in [2.75, 3.05) is 5.32 Å². The molecule has 0 bridgehead atoms. The summed E-state index contributed by atoms with van der Waals surface area (Å²) in [6.45, 7) is 1.72. The molecule has 0 unspecified atom stereocenters. The number of aliphatic imine (C=N–C) groups is 1. The molecule has 0 spiro atoms. The molecule has 0 aliphatic rings. The SMILES string of the molecule is CC(=O)Nc1ccc(-c2nc(CN=C=O)cs2)cc1. The molecule has 19 heavy (non-hydrogen) atoms. The van der Waals surface area contributed by atoms with Crippen LogP contribution in [0.2, 0.25) is 0 Å². The van der Waals surface area contributed by atoms with Crippen molar-refractivity contribution in [2.24, 2.45) is 4.99 Å². The molecule has 1 aromatic carbocycles. The molecular weight excluding hydrogens is 262 g/mol. The molecule has 1 heterocycles. The molecule has 6 heteroatoms. The molecule has 0 atom stereocenters. The Labute approximate surface area is 114 Å². The van der Waals surface area contributed by atoms with Gasteiger partial charge in [0, 0.05) is 23.6 Å². The summed E-state index contributed by atoms with van der Waals surface area (Å²) in [4.78, 5) is 28.8. The molecule has 0 fully saturated rings. The first-order valence-electron chi connectivity index (χ1n) is 5.55.